The van der Waals surface area contributed by atoms with Gasteiger partial charge < -0.3 is 10.2 Å². The summed E-state index contributed by atoms with van der Waals surface area (Å²) in [6, 6.07) is 0.637. The van der Waals surface area contributed by atoms with Gasteiger partial charge in [-0.2, -0.15) is 0 Å². The Morgan fingerprint density at radius 3 is 2.37 bits per heavy atom. The van der Waals surface area contributed by atoms with Crippen molar-refractivity contribution in [2.45, 2.75) is 39.2 Å². The van der Waals surface area contributed by atoms with Gasteiger partial charge in [-0.25, -0.2) is 0 Å². The number of hydrogen-bond donors (Lipinski definition) is 1. The molecule has 2 aliphatic heterocycles. The Morgan fingerprint density at radius 1 is 1.11 bits per heavy atom. The van der Waals surface area contributed by atoms with E-state index in [0.29, 0.717) is 17.9 Å². The standard InChI is InChI=1S/C15H27N3O/c1-15(2)11-18(14(19)12-3-4-12)8-5-13(15)17-9-6-16-7-10-17/h12-13,16H,3-11H2,1-2H3. The van der Waals surface area contributed by atoms with E-state index in [1.807, 2.05) is 0 Å². The zero-order valence-electron chi connectivity index (χ0n) is 12.3. The molecule has 1 N–H and O–H groups in total. The van der Waals surface area contributed by atoms with Crippen molar-refractivity contribution in [2.75, 3.05) is 39.3 Å². The fourth-order valence-corrected chi connectivity index (χ4v) is 3.79. The number of piperazine rings is 1. The van der Waals surface area contributed by atoms with E-state index in [1.165, 1.54) is 0 Å². The van der Waals surface area contributed by atoms with Crippen LogP contribution < -0.4 is 5.32 Å². The summed E-state index contributed by atoms with van der Waals surface area (Å²) < 4.78 is 0. The van der Waals surface area contributed by atoms with E-state index in [0.717, 1.165) is 58.5 Å². The summed E-state index contributed by atoms with van der Waals surface area (Å²) in [7, 11) is 0. The van der Waals surface area contributed by atoms with Crippen LogP contribution in [-0.2, 0) is 4.79 Å². The van der Waals surface area contributed by atoms with Crippen molar-refractivity contribution >= 4 is 5.91 Å². The predicted octanol–water partition coefficient (Wildman–Crippen LogP) is 0.929. The second-order valence-corrected chi connectivity index (χ2v) is 7.11. The largest absolute Gasteiger partial charge is 0.342 e. The van der Waals surface area contributed by atoms with E-state index < -0.39 is 0 Å². The molecule has 0 spiro atoms. The topological polar surface area (TPSA) is 35.6 Å². The summed E-state index contributed by atoms with van der Waals surface area (Å²) in [4.78, 5) is 17.0. The zero-order valence-corrected chi connectivity index (χ0v) is 12.3. The van der Waals surface area contributed by atoms with Crippen LogP contribution in [0.3, 0.4) is 0 Å². The third-order valence-corrected chi connectivity index (χ3v) is 5.00. The first-order valence-corrected chi connectivity index (χ1v) is 7.81. The van der Waals surface area contributed by atoms with Crippen molar-refractivity contribution < 1.29 is 4.79 Å². The van der Waals surface area contributed by atoms with Crippen LogP contribution in [0.4, 0.5) is 0 Å². The van der Waals surface area contributed by atoms with E-state index in [4.69, 9.17) is 0 Å². The molecule has 0 bridgehead atoms. The average Bonchev–Trinajstić information content (AvgIpc) is 3.22. The highest BCUT2D eigenvalue weighted by Gasteiger charge is 2.43. The minimum Gasteiger partial charge on any atom is -0.342 e. The van der Waals surface area contributed by atoms with Gasteiger partial charge in [0.2, 0.25) is 5.91 Å². The van der Waals surface area contributed by atoms with Gasteiger partial charge in [-0.3, -0.25) is 9.69 Å². The number of nitrogens with zero attached hydrogens (tertiary/aromatic N) is 2. The molecule has 3 rings (SSSR count). The highest BCUT2D eigenvalue weighted by molar-refractivity contribution is 5.81. The lowest BCUT2D eigenvalue weighted by molar-refractivity contribution is -0.137. The van der Waals surface area contributed by atoms with Crippen LogP contribution in [0.15, 0.2) is 0 Å². The summed E-state index contributed by atoms with van der Waals surface area (Å²) in [5.74, 6) is 0.790. The van der Waals surface area contributed by atoms with Gasteiger partial charge in [-0.1, -0.05) is 13.8 Å². The number of likely N-dealkylation sites (tertiary alicyclic amines) is 1. The van der Waals surface area contributed by atoms with Gasteiger partial charge in [0.25, 0.3) is 0 Å². The van der Waals surface area contributed by atoms with Gasteiger partial charge in [0.05, 0.1) is 0 Å². The quantitative estimate of drug-likeness (QED) is 0.807. The normalized spacial score (nSPS) is 32.3. The predicted molar refractivity (Wildman–Crippen MR) is 75.9 cm³/mol. The maximum absolute atomic E-state index is 12.2. The van der Waals surface area contributed by atoms with E-state index in [-0.39, 0.29) is 5.41 Å². The fourth-order valence-electron chi connectivity index (χ4n) is 3.79. The van der Waals surface area contributed by atoms with Crippen molar-refractivity contribution in [3.8, 4) is 0 Å². The van der Waals surface area contributed by atoms with E-state index in [1.54, 1.807) is 0 Å². The van der Waals surface area contributed by atoms with Crippen molar-refractivity contribution in [1.82, 2.24) is 15.1 Å². The van der Waals surface area contributed by atoms with Crippen LogP contribution >= 0.6 is 0 Å². The molecule has 0 aromatic heterocycles. The third-order valence-electron chi connectivity index (χ3n) is 5.00. The second kappa shape index (κ2) is 5.06. The molecule has 1 atom stereocenters. The van der Waals surface area contributed by atoms with Crippen molar-refractivity contribution in [1.29, 1.82) is 0 Å². The molecule has 0 aromatic rings. The molecule has 19 heavy (non-hydrogen) atoms. The first-order chi connectivity index (χ1) is 9.08. The van der Waals surface area contributed by atoms with Gasteiger partial charge >= 0.3 is 0 Å². The first kappa shape index (κ1) is 13.4. The third kappa shape index (κ3) is 2.79. The molecule has 3 aliphatic rings. The monoisotopic (exact) mass is 265 g/mol. The average molecular weight is 265 g/mol. The highest BCUT2D eigenvalue weighted by atomic mass is 16.2. The maximum atomic E-state index is 12.2. The lowest BCUT2D eigenvalue weighted by Gasteiger charge is -2.50. The van der Waals surface area contributed by atoms with Crippen LogP contribution in [0.1, 0.15) is 33.1 Å². The summed E-state index contributed by atoms with van der Waals surface area (Å²) in [5.41, 5.74) is 0.222. The smallest absolute Gasteiger partial charge is 0.225 e. The number of carbonyl (C=O) groups excluding carboxylic acids is 1. The first-order valence-electron chi connectivity index (χ1n) is 7.81. The Hall–Kier alpha value is -0.610. The molecule has 108 valence electrons. The molecular weight excluding hydrogens is 238 g/mol. The van der Waals surface area contributed by atoms with Crippen LogP contribution in [0.25, 0.3) is 0 Å². The summed E-state index contributed by atoms with van der Waals surface area (Å²) in [5, 5.41) is 3.43. The van der Waals surface area contributed by atoms with Gasteiger partial charge in [-0.15, -0.1) is 0 Å². The lowest BCUT2D eigenvalue weighted by atomic mass is 9.77. The number of amides is 1. The van der Waals surface area contributed by atoms with Crippen LogP contribution in [-0.4, -0.2) is 61.0 Å². The van der Waals surface area contributed by atoms with Crippen LogP contribution in [0.5, 0.6) is 0 Å². The SMILES string of the molecule is CC1(C)CN(C(=O)C2CC2)CCC1N1CCNCC1. The van der Waals surface area contributed by atoms with E-state index in [2.05, 4.69) is 29.0 Å². The molecule has 0 radical (unpaired) electrons. The van der Waals surface area contributed by atoms with Crippen molar-refractivity contribution in [3.63, 3.8) is 0 Å². The van der Waals surface area contributed by atoms with Gasteiger partial charge in [-0.05, 0) is 24.7 Å². The molecule has 1 aliphatic carbocycles. The maximum Gasteiger partial charge on any atom is 0.225 e. The molecule has 4 nitrogen and oxygen atoms in total. The molecular formula is C15H27N3O. The fraction of sp³-hybridized carbons (Fsp3) is 0.933. The summed E-state index contributed by atoms with van der Waals surface area (Å²) in [6.45, 7) is 11.1. The molecule has 1 amide bonds. The van der Waals surface area contributed by atoms with E-state index in [9.17, 15) is 4.79 Å². The van der Waals surface area contributed by atoms with E-state index >= 15 is 0 Å². The van der Waals surface area contributed by atoms with Crippen LogP contribution in [0.2, 0.25) is 0 Å². The number of rotatable bonds is 2. The Balaban J connectivity index is 1.63. The van der Waals surface area contributed by atoms with Crippen molar-refractivity contribution in [2.24, 2.45) is 11.3 Å². The molecule has 1 saturated carbocycles. The molecule has 2 heterocycles. The molecule has 2 saturated heterocycles. The Morgan fingerprint density at radius 2 is 1.79 bits per heavy atom. The van der Waals surface area contributed by atoms with Gasteiger partial charge in [0.1, 0.15) is 0 Å². The molecule has 3 fully saturated rings. The highest BCUT2D eigenvalue weighted by Crippen LogP contribution is 2.37. The van der Waals surface area contributed by atoms with Gasteiger partial charge in [0.15, 0.2) is 0 Å². The number of nitrogens with one attached hydrogen (secondary N) is 1. The molecule has 0 aromatic carbocycles. The van der Waals surface area contributed by atoms with Crippen molar-refractivity contribution in [3.05, 3.63) is 0 Å². The lowest BCUT2D eigenvalue weighted by Crippen LogP contribution is -2.60. The number of hydrogen-bond acceptors (Lipinski definition) is 3. The Kier molecular flexibility index (Phi) is 3.56. The second-order valence-electron chi connectivity index (χ2n) is 7.11. The number of piperidine rings is 1. The Labute approximate surface area is 116 Å². The summed E-state index contributed by atoms with van der Waals surface area (Å²) in [6.07, 6.45) is 3.39. The molecule has 4 heteroatoms. The minimum absolute atomic E-state index is 0.222. The molecule has 1 unspecified atom stereocenters. The zero-order chi connectivity index (χ0) is 13.5. The Bertz CT molecular complexity index is 345. The minimum atomic E-state index is 0.222. The number of carbonyl (C=O) groups is 1. The van der Waals surface area contributed by atoms with Gasteiger partial charge in [0, 0.05) is 51.2 Å². The summed E-state index contributed by atoms with van der Waals surface area (Å²) >= 11 is 0. The van der Waals surface area contributed by atoms with Crippen LogP contribution in [0, 0.1) is 11.3 Å².